The molecule has 1 aliphatic rings. The quantitative estimate of drug-likeness (QED) is 0.600. The Morgan fingerprint density at radius 1 is 1.36 bits per heavy atom. The van der Waals surface area contributed by atoms with Crippen LogP contribution in [0.5, 0.6) is 0 Å². The molecule has 0 saturated carbocycles. The number of rotatable bonds is 3. The molecule has 0 spiro atoms. The van der Waals surface area contributed by atoms with Crippen LogP contribution in [0.1, 0.15) is 19.3 Å². The van der Waals surface area contributed by atoms with Gasteiger partial charge >= 0.3 is 0 Å². The van der Waals surface area contributed by atoms with Crippen molar-refractivity contribution in [1.82, 2.24) is 4.90 Å². The lowest BCUT2D eigenvalue weighted by molar-refractivity contribution is 0.151. The van der Waals surface area contributed by atoms with E-state index in [1.807, 2.05) is 0 Å². The average molecular weight is 180 g/mol. The summed E-state index contributed by atoms with van der Waals surface area (Å²) in [7, 11) is 0. The van der Waals surface area contributed by atoms with Gasteiger partial charge in [0.2, 0.25) is 0 Å². The van der Waals surface area contributed by atoms with Crippen LogP contribution in [0, 0.1) is 0 Å². The summed E-state index contributed by atoms with van der Waals surface area (Å²) in [4.78, 5) is 2.29. The smallest absolute Gasteiger partial charge is 0.103 e. The molecule has 66 valence electrons. The van der Waals surface area contributed by atoms with Crippen molar-refractivity contribution in [3.8, 4) is 0 Å². The zero-order valence-corrected chi connectivity index (χ0v) is 7.49. The zero-order valence-electron chi connectivity index (χ0n) is 6.73. The predicted octanol–water partition coefficient (Wildman–Crippen LogP) is 2.05. The number of hydrogen-bond donors (Lipinski definition) is 0. The van der Waals surface area contributed by atoms with Crippen LogP contribution in [0.3, 0.4) is 0 Å². The van der Waals surface area contributed by atoms with Crippen molar-refractivity contribution in [2.75, 3.05) is 25.5 Å². The second-order valence-corrected chi connectivity index (χ2v) is 3.44. The third-order valence-electron chi connectivity index (χ3n) is 2.13. The molecule has 0 radical (unpaired) electrons. The van der Waals surface area contributed by atoms with Crippen LogP contribution in [0.15, 0.2) is 0 Å². The fourth-order valence-electron chi connectivity index (χ4n) is 1.41. The van der Waals surface area contributed by atoms with Crippen molar-refractivity contribution in [2.45, 2.75) is 25.4 Å². The van der Waals surface area contributed by atoms with E-state index >= 15 is 0 Å². The van der Waals surface area contributed by atoms with Crippen LogP contribution in [0.4, 0.5) is 4.39 Å². The summed E-state index contributed by atoms with van der Waals surface area (Å²) in [6, 6.07) is 0. The highest BCUT2D eigenvalue weighted by Gasteiger charge is 2.17. The van der Waals surface area contributed by atoms with Gasteiger partial charge in [0.05, 0.1) is 0 Å². The van der Waals surface area contributed by atoms with Gasteiger partial charge in [-0.25, -0.2) is 4.39 Å². The second-order valence-electron chi connectivity index (χ2n) is 3.06. The Morgan fingerprint density at radius 3 is 2.55 bits per heavy atom. The Labute approximate surface area is 72.5 Å². The molecule has 0 aromatic carbocycles. The molecule has 0 amide bonds. The fraction of sp³-hybridized carbons (Fsp3) is 1.00. The molecule has 3 heteroatoms. The van der Waals surface area contributed by atoms with E-state index in [9.17, 15) is 4.39 Å². The predicted molar refractivity (Wildman–Crippen MR) is 45.9 cm³/mol. The fourth-order valence-corrected chi connectivity index (χ4v) is 1.53. The normalized spacial score (nSPS) is 22.4. The van der Waals surface area contributed by atoms with E-state index in [1.54, 1.807) is 0 Å². The minimum Gasteiger partial charge on any atom is -0.303 e. The van der Waals surface area contributed by atoms with E-state index in [0.717, 1.165) is 31.9 Å². The third kappa shape index (κ3) is 3.39. The lowest BCUT2D eigenvalue weighted by Crippen LogP contribution is -2.35. The molecule has 1 saturated heterocycles. The van der Waals surface area contributed by atoms with E-state index in [1.165, 1.54) is 0 Å². The number of hydrogen-bond acceptors (Lipinski definition) is 1. The van der Waals surface area contributed by atoms with Gasteiger partial charge in [0, 0.05) is 19.0 Å². The van der Waals surface area contributed by atoms with E-state index in [-0.39, 0.29) is 0 Å². The summed E-state index contributed by atoms with van der Waals surface area (Å²) in [6.45, 7) is 2.87. The molecule has 0 aromatic rings. The topological polar surface area (TPSA) is 3.24 Å². The maximum Gasteiger partial charge on any atom is 0.103 e. The highest BCUT2D eigenvalue weighted by Crippen LogP contribution is 2.13. The van der Waals surface area contributed by atoms with Crippen molar-refractivity contribution in [1.29, 1.82) is 0 Å². The highest BCUT2D eigenvalue weighted by atomic mass is 35.5. The SMILES string of the molecule is FC1CCN(CCCCl)CC1. The first-order valence-electron chi connectivity index (χ1n) is 4.25. The van der Waals surface area contributed by atoms with Gasteiger partial charge in [-0.3, -0.25) is 0 Å². The Morgan fingerprint density at radius 2 is 2.00 bits per heavy atom. The summed E-state index contributed by atoms with van der Waals surface area (Å²) >= 11 is 5.55. The molecule has 0 atom stereocenters. The molecule has 1 nitrogen and oxygen atoms in total. The lowest BCUT2D eigenvalue weighted by atomic mass is 10.1. The van der Waals surface area contributed by atoms with Crippen LogP contribution in [-0.4, -0.2) is 36.6 Å². The lowest BCUT2D eigenvalue weighted by Gasteiger charge is -2.27. The van der Waals surface area contributed by atoms with E-state index in [4.69, 9.17) is 11.6 Å². The molecule has 0 aromatic heterocycles. The van der Waals surface area contributed by atoms with Crippen molar-refractivity contribution < 1.29 is 4.39 Å². The molecule has 0 N–H and O–H groups in total. The molecular formula is C8H15ClFN. The molecule has 0 aliphatic carbocycles. The van der Waals surface area contributed by atoms with Crippen LogP contribution in [0.25, 0.3) is 0 Å². The number of likely N-dealkylation sites (tertiary alicyclic amines) is 1. The van der Waals surface area contributed by atoms with Crippen LogP contribution >= 0.6 is 11.6 Å². The molecule has 1 heterocycles. The van der Waals surface area contributed by atoms with Crippen molar-refractivity contribution in [3.63, 3.8) is 0 Å². The van der Waals surface area contributed by atoms with Crippen molar-refractivity contribution in [3.05, 3.63) is 0 Å². The Kier molecular flexibility index (Phi) is 4.16. The first-order valence-corrected chi connectivity index (χ1v) is 4.79. The van der Waals surface area contributed by atoms with Crippen molar-refractivity contribution >= 4 is 11.6 Å². The van der Waals surface area contributed by atoms with Gasteiger partial charge in [-0.2, -0.15) is 0 Å². The Balaban J connectivity index is 2.07. The van der Waals surface area contributed by atoms with Crippen molar-refractivity contribution in [2.24, 2.45) is 0 Å². The summed E-state index contributed by atoms with van der Waals surface area (Å²) in [6.07, 6.45) is 1.89. The molecule has 1 rings (SSSR count). The van der Waals surface area contributed by atoms with Gasteiger partial charge in [0.25, 0.3) is 0 Å². The molecular weight excluding hydrogens is 165 g/mol. The first-order chi connectivity index (χ1) is 5.33. The van der Waals surface area contributed by atoms with E-state index in [0.29, 0.717) is 12.8 Å². The van der Waals surface area contributed by atoms with E-state index < -0.39 is 6.17 Å². The minimum atomic E-state index is -0.553. The zero-order chi connectivity index (χ0) is 8.10. The average Bonchev–Trinajstić information content (AvgIpc) is 2.04. The molecule has 11 heavy (non-hydrogen) atoms. The summed E-state index contributed by atoms with van der Waals surface area (Å²) < 4.78 is 12.6. The minimum absolute atomic E-state index is 0.553. The Bertz CT molecular complexity index is 99.5. The van der Waals surface area contributed by atoms with Crippen LogP contribution in [0.2, 0.25) is 0 Å². The maximum atomic E-state index is 12.6. The standard InChI is InChI=1S/C8H15ClFN/c9-4-1-5-11-6-2-8(10)3-7-11/h8H,1-7H2. The van der Waals surface area contributed by atoms with Crippen LogP contribution < -0.4 is 0 Å². The second kappa shape index (κ2) is 4.94. The van der Waals surface area contributed by atoms with Gasteiger partial charge < -0.3 is 4.90 Å². The number of halogens is 2. The summed E-state index contributed by atoms with van der Waals surface area (Å²) in [5.74, 6) is 0.718. The third-order valence-corrected chi connectivity index (χ3v) is 2.39. The van der Waals surface area contributed by atoms with Gasteiger partial charge in [0.1, 0.15) is 6.17 Å². The molecule has 0 unspecified atom stereocenters. The van der Waals surface area contributed by atoms with E-state index in [2.05, 4.69) is 4.90 Å². The Hall–Kier alpha value is 0.180. The van der Waals surface area contributed by atoms with Gasteiger partial charge in [0.15, 0.2) is 0 Å². The maximum absolute atomic E-state index is 12.6. The van der Waals surface area contributed by atoms with Gasteiger partial charge in [-0.15, -0.1) is 11.6 Å². The molecule has 1 fully saturated rings. The van der Waals surface area contributed by atoms with Crippen LogP contribution in [-0.2, 0) is 0 Å². The molecule has 1 aliphatic heterocycles. The highest BCUT2D eigenvalue weighted by molar-refractivity contribution is 6.17. The summed E-state index contributed by atoms with van der Waals surface area (Å²) in [5.41, 5.74) is 0. The number of alkyl halides is 2. The largest absolute Gasteiger partial charge is 0.303 e. The van der Waals surface area contributed by atoms with Gasteiger partial charge in [-0.1, -0.05) is 0 Å². The number of piperidine rings is 1. The summed E-state index contributed by atoms with van der Waals surface area (Å²) in [5, 5.41) is 0. The number of nitrogens with zero attached hydrogens (tertiary/aromatic N) is 1. The van der Waals surface area contributed by atoms with Gasteiger partial charge in [-0.05, 0) is 25.8 Å². The molecule has 0 bridgehead atoms. The monoisotopic (exact) mass is 179 g/mol. The first kappa shape index (κ1) is 9.27.